The van der Waals surface area contributed by atoms with Crippen LogP contribution in [0.3, 0.4) is 0 Å². The SMILES string of the molecule is CC(C(=O)O)(c1ccc(N=Nc2ccc(O)c(C(=O)O)c2)cc1)c1nc2ccccc2o1. The monoisotopic (exact) mass is 431 g/mol. The second-order valence-electron chi connectivity index (χ2n) is 7.17. The minimum Gasteiger partial charge on any atom is -0.507 e. The van der Waals surface area contributed by atoms with Crippen molar-refractivity contribution < 1.29 is 29.3 Å². The van der Waals surface area contributed by atoms with Gasteiger partial charge in [-0.2, -0.15) is 10.2 Å². The number of benzene rings is 3. The van der Waals surface area contributed by atoms with E-state index in [0.717, 1.165) is 0 Å². The Morgan fingerprint density at radius 2 is 1.59 bits per heavy atom. The van der Waals surface area contributed by atoms with E-state index in [1.54, 1.807) is 48.5 Å². The number of aliphatic carboxylic acids is 1. The van der Waals surface area contributed by atoms with Crippen molar-refractivity contribution in [1.29, 1.82) is 0 Å². The molecule has 0 aliphatic heterocycles. The highest BCUT2D eigenvalue weighted by atomic mass is 16.4. The zero-order chi connectivity index (χ0) is 22.9. The van der Waals surface area contributed by atoms with Crippen molar-refractivity contribution in [2.24, 2.45) is 10.2 Å². The molecule has 9 nitrogen and oxygen atoms in total. The summed E-state index contributed by atoms with van der Waals surface area (Å²) >= 11 is 0. The molecule has 4 rings (SSSR count). The quantitative estimate of drug-likeness (QED) is 0.363. The summed E-state index contributed by atoms with van der Waals surface area (Å²) < 4.78 is 5.72. The smallest absolute Gasteiger partial charge is 0.339 e. The molecule has 3 aromatic carbocycles. The third-order valence-corrected chi connectivity index (χ3v) is 5.09. The minimum atomic E-state index is -1.53. The van der Waals surface area contributed by atoms with Crippen LogP contribution in [-0.2, 0) is 10.2 Å². The van der Waals surface area contributed by atoms with E-state index in [1.165, 1.54) is 25.1 Å². The first-order valence-electron chi connectivity index (χ1n) is 9.47. The van der Waals surface area contributed by atoms with Crippen LogP contribution in [0.2, 0.25) is 0 Å². The zero-order valence-corrected chi connectivity index (χ0v) is 16.8. The fourth-order valence-electron chi connectivity index (χ4n) is 3.16. The molecule has 1 unspecified atom stereocenters. The predicted molar refractivity (Wildman–Crippen MR) is 114 cm³/mol. The van der Waals surface area contributed by atoms with Crippen LogP contribution < -0.4 is 0 Å². The summed E-state index contributed by atoms with van der Waals surface area (Å²) in [5, 5.41) is 36.6. The van der Waals surface area contributed by atoms with E-state index in [4.69, 9.17) is 9.52 Å². The molecule has 0 spiro atoms. The maximum atomic E-state index is 12.2. The summed E-state index contributed by atoms with van der Waals surface area (Å²) in [5.41, 5.74) is 0.350. The number of azo groups is 1. The molecule has 0 radical (unpaired) electrons. The third-order valence-electron chi connectivity index (χ3n) is 5.09. The van der Waals surface area contributed by atoms with Gasteiger partial charge >= 0.3 is 11.9 Å². The van der Waals surface area contributed by atoms with Gasteiger partial charge in [0.25, 0.3) is 0 Å². The highest BCUT2D eigenvalue weighted by molar-refractivity contribution is 5.91. The summed E-state index contributed by atoms with van der Waals surface area (Å²) in [6.45, 7) is 1.51. The molecule has 1 atom stereocenters. The lowest BCUT2D eigenvalue weighted by molar-refractivity contribution is -0.142. The first-order chi connectivity index (χ1) is 15.3. The fourth-order valence-corrected chi connectivity index (χ4v) is 3.16. The summed E-state index contributed by atoms with van der Waals surface area (Å²) in [4.78, 5) is 27.7. The Kier molecular flexibility index (Phi) is 5.15. The Hall–Kier alpha value is -4.53. The lowest BCUT2D eigenvalue weighted by atomic mass is 9.82. The Morgan fingerprint density at radius 1 is 0.938 bits per heavy atom. The molecule has 4 aromatic rings. The molecule has 160 valence electrons. The molecule has 0 bridgehead atoms. The number of aromatic hydroxyl groups is 1. The van der Waals surface area contributed by atoms with E-state index in [1.807, 2.05) is 0 Å². The number of para-hydroxylation sites is 2. The number of hydrogen-bond acceptors (Lipinski definition) is 7. The molecular weight excluding hydrogens is 414 g/mol. The third kappa shape index (κ3) is 3.67. The van der Waals surface area contributed by atoms with Gasteiger partial charge in [-0.15, -0.1) is 0 Å². The molecular formula is C23H17N3O6. The molecule has 9 heteroatoms. The van der Waals surface area contributed by atoms with E-state index in [9.17, 15) is 19.8 Å². The van der Waals surface area contributed by atoms with Crippen molar-refractivity contribution in [2.75, 3.05) is 0 Å². The van der Waals surface area contributed by atoms with Gasteiger partial charge in [-0.25, -0.2) is 9.78 Å². The number of carbonyl (C=O) groups is 2. The van der Waals surface area contributed by atoms with Gasteiger partial charge in [-0.1, -0.05) is 24.3 Å². The molecule has 0 fully saturated rings. The standard InChI is InChI=1S/C23H17N3O6/c1-23(22(30)31,21-24-17-4-2-3-5-19(17)32-21)13-6-8-14(9-7-13)25-26-15-10-11-18(27)16(12-15)20(28)29/h2-12,27H,1H3,(H,28,29)(H,30,31). The number of rotatable bonds is 6. The van der Waals surface area contributed by atoms with Crippen LogP contribution in [0.5, 0.6) is 5.75 Å². The van der Waals surface area contributed by atoms with Gasteiger partial charge in [0.1, 0.15) is 16.8 Å². The Balaban J connectivity index is 1.64. The molecule has 0 aliphatic rings. The van der Waals surface area contributed by atoms with Gasteiger partial charge in [0.15, 0.2) is 11.0 Å². The van der Waals surface area contributed by atoms with Crippen LogP contribution in [0.4, 0.5) is 11.4 Å². The van der Waals surface area contributed by atoms with Crippen LogP contribution in [0, 0.1) is 0 Å². The average molecular weight is 431 g/mol. The van der Waals surface area contributed by atoms with Crippen molar-refractivity contribution in [2.45, 2.75) is 12.3 Å². The highest BCUT2D eigenvalue weighted by Crippen LogP contribution is 2.35. The number of carboxylic acid groups (broad SMARTS) is 2. The van der Waals surface area contributed by atoms with Crippen LogP contribution in [0.25, 0.3) is 11.1 Å². The lowest BCUT2D eigenvalue weighted by Crippen LogP contribution is -2.34. The van der Waals surface area contributed by atoms with Gasteiger partial charge < -0.3 is 19.7 Å². The number of aromatic carboxylic acids is 1. The van der Waals surface area contributed by atoms with Crippen molar-refractivity contribution in [1.82, 2.24) is 4.98 Å². The van der Waals surface area contributed by atoms with Gasteiger partial charge in [-0.05, 0) is 55.0 Å². The summed E-state index contributed by atoms with van der Waals surface area (Å²) in [6.07, 6.45) is 0. The number of fused-ring (bicyclic) bond motifs is 1. The number of aromatic nitrogens is 1. The van der Waals surface area contributed by atoms with Crippen LogP contribution >= 0.6 is 0 Å². The van der Waals surface area contributed by atoms with Gasteiger partial charge in [0.2, 0.25) is 5.89 Å². The summed E-state index contributed by atoms with van der Waals surface area (Å²) in [6, 6.07) is 17.2. The van der Waals surface area contributed by atoms with Gasteiger partial charge in [0.05, 0.1) is 11.4 Å². The van der Waals surface area contributed by atoms with E-state index >= 15 is 0 Å². The topological polar surface area (TPSA) is 146 Å². The van der Waals surface area contributed by atoms with E-state index in [0.29, 0.717) is 22.4 Å². The van der Waals surface area contributed by atoms with Gasteiger partial charge in [0, 0.05) is 0 Å². The van der Waals surface area contributed by atoms with Gasteiger partial charge in [-0.3, -0.25) is 4.79 Å². The second kappa shape index (κ2) is 7.95. The first kappa shape index (κ1) is 20.7. The second-order valence-corrected chi connectivity index (χ2v) is 7.17. The number of hydrogen-bond donors (Lipinski definition) is 3. The van der Waals surface area contributed by atoms with E-state index in [-0.39, 0.29) is 22.9 Å². The minimum absolute atomic E-state index is 0.0610. The molecule has 1 aromatic heterocycles. The molecule has 3 N–H and O–H groups in total. The zero-order valence-electron chi connectivity index (χ0n) is 16.8. The maximum Gasteiger partial charge on any atom is 0.339 e. The van der Waals surface area contributed by atoms with Crippen LogP contribution in [-0.4, -0.2) is 32.2 Å². The first-order valence-corrected chi connectivity index (χ1v) is 9.47. The van der Waals surface area contributed by atoms with Crippen LogP contribution in [0.15, 0.2) is 81.4 Å². The molecule has 0 saturated carbocycles. The molecule has 0 saturated heterocycles. The molecule has 32 heavy (non-hydrogen) atoms. The van der Waals surface area contributed by atoms with E-state index in [2.05, 4.69) is 15.2 Å². The van der Waals surface area contributed by atoms with E-state index < -0.39 is 17.4 Å². The predicted octanol–water partition coefficient (Wildman–Crippen LogP) is 5.04. The molecule has 0 amide bonds. The maximum absolute atomic E-state index is 12.2. The van der Waals surface area contributed by atoms with Crippen molar-refractivity contribution in [3.63, 3.8) is 0 Å². The number of carboxylic acids is 2. The fraction of sp³-hybridized carbons (Fsp3) is 0.0870. The number of nitrogens with zero attached hydrogens (tertiary/aromatic N) is 3. The molecule has 1 heterocycles. The van der Waals surface area contributed by atoms with Crippen molar-refractivity contribution >= 4 is 34.4 Å². The molecule has 0 aliphatic carbocycles. The summed E-state index contributed by atoms with van der Waals surface area (Å²) in [5.74, 6) is -2.71. The normalized spacial score (nSPS) is 13.3. The summed E-state index contributed by atoms with van der Waals surface area (Å²) in [7, 11) is 0. The van der Waals surface area contributed by atoms with Crippen molar-refractivity contribution in [3.8, 4) is 5.75 Å². The number of phenols is 1. The largest absolute Gasteiger partial charge is 0.507 e. The van der Waals surface area contributed by atoms with Crippen molar-refractivity contribution in [3.05, 3.63) is 83.7 Å². The Morgan fingerprint density at radius 3 is 2.25 bits per heavy atom. The highest BCUT2D eigenvalue weighted by Gasteiger charge is 2.42. The Bertz CT molecular complexity index is 1330. The Labute approximate surface area is 181 Å². The number of oxazole rings is 1. The van der Waals surface area contributed by atoms with Crippen LogP contribution in [0.1, 0.15) is 28.7 Å². The average Bonchev–Trinajstić information content (AvgIpc) is 3.23. The lowest BCUT2D eigenvalue weighted by Gasteiger charge is -2.21.